The van der Waals surface area contributed by atoms with E-state index in [-0.39, 0.29) is 6.04 Å². The second-order valence-electron chi connectivity index (χ2n) is 3.93. The molecular formula is C14H13ClN2S. The summed E-state index contributed by atoms with van der Waals surface area (Å²) >= 11 is 7.89. The molecule has 0 saturated heterocycles. The number of hydrogen-bond acceptors (Lipinski definition) is 3. The van der Waals surface area contributed by atoms with E-state index in [2.05, 4.69) is 29.8 Å². The molecule has 0 aliphatic heterocycles. The smallest absolute Gasteiger partial charge is 0.0992 e. The Morgan fingerprint density at radius 3 is 2.83 bits per heavy atom. The molecule has 1 atom stereocenters. The molecule has 4 heteroatoms. The van der Waals surface area contributed by atoms with Crippen LogP contribution in [0.25, 0.3) is 0 Å². The Kier molecular flexibility index (Phi) is 4.24. The van der Waals surface area contributed by atoms with Crippen LogP contribution in [0.5, 0.6) is 0 Å². The van der Waals surface area contributed by atoms with Gasteiger partial charge in [0, 0.05) is 4.88 Å². The average Bonchev–Trinajstić information content (AvgIpc) is 2.91. The Labute approximate surface area is 116 Å². The Morgan fingerprint density at radius 1 is 1.44 bits per heavy atom. The van der Waals surface area contributed by atoms with Gasteiger partial charge >= 0.3 is 0 Å². The molecule has 1 aromatic carbocycles. The molecule has 1 aromatic heterocycles. The van der Waals surface area contributed by atoms with E-state index in [0.29, 0.717) is 10.6 Å². The minimum Gasteiger partial charge on any atom is -0.376 e. The molecule has 0 aliphatic rings. The zero-order valence-corrected chi connectivity index (χ0v) is 11.6. The van der Waals surface area contributed by atoms with Crippen molar-refractivity contribution in [1.29, 1.82) is 5.26 Å². The van der Waals surface area contributed by atoms with Crippen LogP contribution in [0.2, 0.25) is 5.02 Å². The van der Waals surface area contributed by atoms with Crippen LogP contribution in [-0.2, 0) is 0 Å². The molecule has 1 unspecified atom stereocenters. The van der Waals surface area contributed by atoms with Crippen LogP contribution in [0.3, 0.4) is 0 Å². The molecule has 2 aromatic rings. The Bertz CT molecular complexity index is 558. The van der Waals surface area contributed by atoms with Crippen LogP contribution in [0.1, 0.15) is 29.8 Å². The number of nitrogens with zero attached hydrogens (tertiary/aromatic N) is 1. The number of halogens is 1. The third-order valence-corrected chi connectivity index (χ3v) is 4.02. The summed E-state index contributed by atoms with van der Waals surface area (Å²) in [5.41, 5.74) is 1.45. The maximum Gasteiger partial charge on any atom is 0.0992 e. The first kappa shape index (κ1) is 12.9. The van der Waals surface area contributed by atoms with Gasteiger partial charge < -0.3 is 5.32 Å². The molecule has 18 heavy (non-hydrogen) atoms. The van der Waals surface area contributed by atoms with Crippen LogP contribution >= 0.6 is 22.9 Å². The van der Waals surface area contributed by atoms with Gasteiger partial charge in [0.1, 0.15) is 0 Å². The van der Waals surface area contributed by atoms with Crippen molar-refractivity contribution in [3.8, 4) is 6.07 Å². The second kappa shape index (κ2) is 5.90. The topological polar surface area (TPSA) is 35.8 Å². The Balaban J connectivity index is 2.20. The van der Waals surface area contributed by atoms with Gasteiger partial charge in [0.25, 0.3) is 0 Å². The van der Waals surface area contributed by atoms with E-state index in [0.717, 1.165) is 12.1 Å². The fourth-order valence-electron chi connectivity index (χ4n) is 1.75. The summed E-state index contributed by atoms with van der Waals surface area (Å²) in [5.74, 6) is 0. The first-order valence-corrected chi connectivity index (χ1v) is 7.00. The molecule has 1 N–H and O–H groups in total. The summed E-state index contributed by atoms with van der Waals surface area (Å²) in [6.45, 7) is 2.13. The molecule has 2 rings (SSSR count). The lowest BCUT2D eigenvalue weighted by Gasteiger charge is -2.18. The summed E-state index contributed by atoms with van der Waals surface area (Å²) in [7, 11) is 0. The van der Waals surface area contributed by atoms with Crippen molar-refractivity contribution in [1.82, 2.24) is 0 Å². The van der Waals surface area contributed by atoms with Gasteiger partial charge in [-0.2, -0.15) is 5.26 Å². The first-order chi connectivity index (χ1) is 8.74. The van der Waals surface area contributed by atoms with E-state index in [1.165, 1.54) is 4.88 Å². The zero-order chi connectivity index (χ0) is 13.0. The highest BCUT2D eigenvalue weighted by Crippen LogP contribution is 2.30. The lowest BCUT2D eigenvalue weighted by molar-refractivity contribution is 0.764. The lowest BCUT2D eigenvalue weighted by atomic mass is 10.1. The predicted molar refractivity (Wildman–Crippen MR) is 77.1 cm³/mol. The van der Waals surface area contributed by atoms with Crippen molar-refractivity contribution in [2.75, 3.05) is 5.32 Å². The fraction of sp³-hybridized carbons (Fsp3) is 0.214. The number of rotatable bonds is 4. The van der Waals surface area contributed by atoms with Gasteiger partial charge in [0.15, 0.2) is 0 Å². The number of benzene rings is 1. The summed E-state index contributed by atoms with van der Waals surface area (Å²) < 4.78 is 0. The van der Waals surface area contributed by atoms with Gasteiger partial charge in [0.2, 0.25) is 0 Å². The summed E-state index contributed by atoms with van der Waals surface area (Å²) in [4.78, 5) is 1.29. The lowest BCUT2D eigenvalue weighted by Crippen LogP contribution is -2.08. The van der Waals surface area contributed by atoms with Crippen molar-refractivity contribution >= 4 is 28.6 Å². The number of nitriles is 1. The third kappa shape index (κ3) is 2.84. The predicted octanol–water partition coefficient (Wildman–Crippen LogP) is 4.84. The normalized spacial score (nSPS) is 11.8. The Hall–Kier alpha value is -1.50. The van der Waals surface area contributed by atoms with Gasteiger partial charge in [0.05, 0.1) is 28.4 Å². The molecule has 0 aliphatic carbocycles. The standard InChI is InChI=1S/C14H13ClN2S/c1-2-12(14-4-3-7-18-14)17-13-6-5-10(9-16)8-11(13)15/h3-8,12,17H,2H2,1H3. The second-order valence-corrected chi connectivity index (χ2v) is 5.31. The van der Waals surface area contributed by atoms with E-state index in [9.17, 15) is 0 Å². The van der Waals surface area contributed by atoms with Crippen molar-refractivity contribution in [2.24, 2.45) is 0 Å². The molecule has 92 valence electrons. The van der Waals surface area contributed by atoms with Gasteiger partial charge in [-0.15, -0.1) is 11.3 Å². The van der Waals surface area contributed by atoms with E-state index < -0.39 is 0 Å². The minimum atomic E-state index is 0.260. The third-order valence-electron chi connectivity index (χ3n) is 2.72. The zero-order valence-electron chi connectivity index (χ0n) is 9.98. The van der Waals surface area contributed by atoms with Crippen LogP contribution in [0, 0.1) is 11.3 Å². The van der Waals surface area contributed by atoms with Crippen LogP contribution in [-0.4, -0.2) is 0 Å². The molecule has 0 radical (unpaired) electrons. The summed E-state index contributed by atoms with van der Waals surface area (Å²) in [6, 6.07) is 11.8. The van der Waals surface area contributed by atoms with Crippen LogP contribution in [0.4, 0.5) is 5.69 Å². The van der Waals surface area contributed by atoms with Gasteiger partial charge in [-0.1, -0.05) is 24.6 Å². The number of nitrogens with one attached hydrogen (secondary N) is 1. The van der Waals surface area contributed by atoms with E-state index in [1.54, 1.807) is 23.5 Å². The molecule has 2 nitrogen and oxygen atoms in total. The van der Waals surface area contributed by atoms with Crippen molar-refractivity contribution in [2.45, 2.75) is 19.4 Å². The fourth-order valence-corrected chi connectivity index (χ4v) is 2.85. The van der Waals surface area contributed by atoms with E-state index >= 15 is 0 Å². The van der Waals surface area contributed by atoms with Crippen molar-refractivity contribution in [3.05, 3.63) is 51.2 Å². The van der Waals surface area contributed by atoms with Gasteiger partial charge in [-0.05, 0) is 36.1 Å². The van der Waals surface area contributed by atoms with Crippen molar-refractivity contribution < 1.29 is 0 Å². The quantitative estimate of drug-likeness (QED) is 0.868. The number of anilines is 1. The Morgan fingerprint density at radius 2 is 2.28 bits per heavy atom. The van der Waals surface area contributed by atoms with E-state index in [4.69, 9.17) is 16.9 Å². The largest absolute Gasteiger partial charge is 0.376 e. The number of thiophene rings is 1. The molecule has 0 bridgehead atoms. The molecule has 1 heterocycles. The van der Waals surface area contributed by atoms with Gasteiger partial charge in [-0.25, -0.2) is 0 Å². The summed E-state index contributed by atoms with van der Waals surface area (Å²) in [5, 5.41) is 14.9. The van der Waals surface area contributed by atoms with Crippen LogP contribution < -0.4 is 5.32 Å². The highest BCUT2D eigenvalue weighted by Gasteiger charge is 2.11. The highest BCUT2D eigenvalue weighted by atomic mass is 35.5. The molecule has 0 saturated carbocycles. The minimum absolute atomic E-state index is 0.260. The first-order valence-electron chi connectivity index (χ1n) is 5.74. The summed E-state index contributed by atoms with van der Waals surface area (Å²) in [6.07, 6.45) is 0.983. The maximum atomic E-state index is 8.80. The average molecular weight is 277 g/mol. The SMILES string of the molecule is CCC(Nc1ccc(C#N)cc1Cl)c1cccs1. The molecular weight excluding hydrogens is 264 g/mol. The molecule has 0 fully saturated rings. The monoisotopic (exact) mass is 276 g/mol. The highest BCUT2D eigenvalue weighted by molar-refractivity contribution is 7.10. The van der Waals surface area contributed by atoms with Gasteiger partial charge in [-0.3, -0.25) is 0 Å². The number of hydrogen-bond donors (Lipinski definition) is 1. The molecule has 0 spiro atoms. The maximum absolute atomic E-state index is 8.80. The van der Waals surface area contributed by atoms with E-state index in [1.807, 2.05) is 12.1 Å². The molecule has 0 amide bonds. The van der Waals surface area contributed by atoms with Crippen molar-refractivity contribution in [3.63, 3.8) is 0 Å². The van der Waals surface area contributed by atoms with Crippen LogP contribution in [0.15, 0.2) is 35.7 Å².